The summed E-state index contributed by atoms with van der Waals surface area (Å²) < 4.78 is 19.6. The van der Waals surface area contributed by atoms with Gasteiger partial charge in [0.15, 0.2) is 5.82 Å². The van der Waals surface area contributed by atoms with Crippen molar-refractivity contribution in [1.82, 2.24) is 15.0 Å². The zero-order valence-corrected chi connectivity index (χ0v) is 17.4. The van der Waals surface area contributed by atoms with E-state index in [1.807, 2.05) is 37.3 Å². The Balaban J connectivity index is 2.21. The molecule has 3 rings (SSSR count). The molecular formula is C23H20ClFN4O. The number of halogens is 2. The minimum absolute atomic E-state index is 0.0519. The molecule has 0 atom stereocenters. The number of methoxy groups -OCH3 is 1. The van der Waals surface area contributed by atoms with Gasteiger partial charge in [-0.3, -0.25) is 4.98 Å². The zero-order chi connectivity index (χ0) is 21.7. The van der Waals surface area contributed by atoms with Crippen LogP contribution in [0.25, 0.3) is 16.7 Å². The lowest BCUT2D eigenvalue weighted by Gasteiger charge is -2.16. The maximum Gasteiger partial charge on any atom is 0.164 e. The van der Waals surface area contributed by atoms with E-state index in [-0.39, 0.29) is 16.4 Å². The van der Waals surface area contributed by atoms with Gasteiger partial charge < -0.3 is 10.1 Å². The molecule has 0 aliphatic heterocycles. The second kappa shape index (κ2) is 9.33. The lowest BCUT2D eigenvalue weighted by Crippen LogP contribution is -2.04. The molecule has 2 aromatic heterocycles. The predicted molar refractivity (Wildman–Crippen MR) is 119 cm³/mol. The smallest absolute Gasteiger partial charge is 0.164 e. The Morgan fingerprint density at radius 3 is 2.60 bits per heavy atom. The van der Waals surface area contributed by atoms with Crippen LogP contribution < -0.4 is 10.1 Å². The molecule has 0 unspecified atom stereocenters. The number of hydrogen-bond acceptors (Lipinski definition) is 5. The zero-order valence-electron chi connectivity index (χ0n) is 16.6. The number of nitrogens with zero attached hydrogens (tertiary/aromatic N) is 3. The van der Waals surface area contributed by atoms with Crippen molar-refractivity contribution in [3.05, 3.63) is 90.4 Å². The van der Waals surface area contributed by atoms with Crippen molar-refractivity contribution < 1.29 is 9.13 Å². The van der Waals surface area contributed by atoms with Gasteiger partial charge in [-0.1, -0.05) is 43.0 Å². The third-order valence-corrected chi connectivity index (χ3v) is 4.40. The molecule has 5 nitrogen and oxygen atoms in total. The van der Waals surface area contributed by atoms with Crippen molar-refractivity contribution in [2.45, 2.75) is 6.92 Å². The normalized spacial score (nSPS) is 11.1. The van der Waals surface area contributed by atoms with Gasteiger partial charge in [0, 0.05) is 40.4 Å². The summed E-state index contributed by atoms with van der Waals surface area (Å²) in [5.74, 6) is 0.527. The molecule has 0 radical (unpaired) electrons. The Morgan fingerprint density at radius 1 is 1.17 bits per heavy atom. The number of para-hydroxylation sites is 1. The van der Waals surface area contributed by atoms with Crippen LogP contribution in [0.2, 0.25) is 0 Å². The summed E-state index contributed by atoms with van der Waals surface area (Å²) in [6.45, 7) is 8.86. The molecule has 3 aromatic rings. The molecule has 0 spiro atoms. The van der Waals surface area contributed by atoms with Gasteiger partial charge in [-0.15, -0.1) is 0 Å². The highest BCUT2D eigenvalue weighted by molar-refractivity contribution is 6.31. The Kier molecular flexibility index (Phi) is 6.59. The molecule has 0 aliphatic carbocycles. The van der Waals surface area contributed by atoms with Gasteiger partial charge in [0.1, 0.15) is 17.4 Å². The highest BCUT2D eigenvalue weighted by Crippen LogP contribution is 2.36. The summed E-state index contributed by atoms with van der Waals surface area (Å²) in [6, 6.07) is 9.33. The maximum atomic E-state index is 14.1. The van der Waals surface area contributed by atoms with Gasteiger partial charge in [0.2, 0.25) is 0 Å². The van der Waals surface area contributed by atoms with Crippen LogP contribution in [0.3, 0.4) is 0 Å². The van der Waals surface area contributed by atoms with E-state index in [9.17, 15) is 4.39 Å². The molecule has 2 heterocycles. The molecule has 0 saturated carbocycles. The number of pyridine rings is 1. The molecule has 152 valence electrons. The van der Waals surface area contributed by atoms with Gasteiger partial charge in [-0.25, -0.2) is 14.4 Å². The van der Waals surface area contributed by atoms with Crippen LogP contribution in [0.15, 0.2) is 79.0 Å². The van der Waals surface area contributed by atoms with Crippen LogP contribution >= 0.6 is 11.6 Å². The van der Waals surface area contributed by atoms with E-state index in [4.69, 9.17) is 16.3 Å². The first-order valence-corrected chi connectivity index (χ1v) is 9.37. The van der Waals surface area contributed by atoms with Crippen LogP contribution in [0.4, 0.5) is 15.9 Å². The summed E-state index contributed by atoms with van der Waals surface area (Å²) in [4.78, 5) is 13.0. The van der Waals surface area contributed by atoms with Crippen LogP contribution in [-0.2, 0) is 0 Å². The first kappa shape index (κ1) is 21.2. The molecular weight excluding hydrogens is 403 g/mol. The van der Waals surface area contributed by atoms with Gasteiger partial charge in [-0.2, -0.15) is 0 Å². The first-order valence-electron chi connectivity index (χ1n) is 9.00. The molecule has 0 bridgehead atoms. The highest BCUT2D eigenvalue weighted by Gasteiger charge is 2.17. The largest absolute Gasteiger partial charge is 0.496 e. The quantitative estimate of drug-likeness (QED) is 0.458. The number of hydrogen-bond donors (Lipinski definition) is 1. The maximum absolute atomic E-state index is 14.1. The van der Waals surface area contributed by atoms with E-state index in [0.29, 0.717) is 17.1 Å². The number of aryl methyl sites for hydroxylation is 1. The SMILES string of the molecule is C=C(Cl)/C=C(\C(=C)F)c1ncc(-c2ccccc2OC)c(Nc2ccncc2C)n1. The molecule has 30 heavy (non-hydrogen) atoms. The van der Waals surface area contributed by atoms with E-state index in [2.05, 4.69) is 33.4 Å². The Labute approximate surface area is 179 Å². The van der Waals surface area contributed by atoms with E-state index in [0.717, 1.165) is 16.8 Å². The van der Waals surface area contributed by atoms with Gasteiger partial charge >= 0.3 is 0 Å². The van der Waals surface area contributed by atoms with Crippen molar-refractivity contribution >= 4 is 28.7 Å². The lowest BCUT2D eigenvalue weighted by atomic mass is 10.1. The number of aromatic nitrogens is 3. The summed E-state index contributed by atoms with van der Waals surface area (Å²) in [7, 11) is 1.59. The van der Waals surface area contributed by atoms with E-state index in [1.165, 1.54) is 6.08 Å². The number of nitrogens with one attached hydrogen (secondary N) is 1. The fourth-order valence-corrected chi connectivity index (χ4v) is 2.94. The van der Waals surface area contributed by atoms with Crippen molar-refractivity contribution in [2.24, 2.45) is 0 Å². The van der Waals surface area contributed by atoms with Crippen LogP contribution in [0.1, 0.15) is 11.4 Å². The third-order valence-electron chi connectivity index (χ3n) is 4.29. The number of benzene rings is 1. The fraction of sp³-hybridized carbons (Fsp3) is 0.0870. The standard InChI is InChI=1S/C23H20ClFN4O/c1-14-12-26-10-9-20(14)28-23-19(17-7-5-6-8-21(17)30-4)13-27-22(29-23)18(16(3)25)11-15(2)24/h5-13H,2-3H2,1,4H3,(H,26,27,28,29)/b18-11+. The van der Waals surface area contributed by atoms with Crippen molar-refractivity contribution in [3.63, 3.8) is 0 Å². The average molecular weight is 423 g/mol. The summed E-state index contributed by atoms with van der Waals surface area (Å²) >= 11 is 5.85. The Bertz CT molecular complexity index is 1140. The summed E-state index contributed by atoms with van der Waals surface area (Å²) in [5, 5.41) is 3.44. The van der Waals surface area contributed by atoms with E-state index < -0.39 is 5.83 Å². The Hall–Kier alpha value is -3.51. The van der Waals surface area contributed by atoms with Crippen molar-refractivity contribution in [2.75, 3.05) is 12.4 Å². The summed E-state index contributed by atoms with van der Waals surface area (Å²) in [6.07, 6.45) is 6.35. The second-order valence-corrected chi connectivity index (χ2v) is 6.87. The second-order valence-electron chi connectivity index (χ2n) is 6.38. The number of ether oxygens (including phenoxy) is 1. The monoisotopic (exact) mass is 422 g/mol. The molecule has 0 fully saturated rings. The van der Waals surface area contributed by atoms with Gasteiger partial charge in [-0.05, 0) is 30.7 Å². The number of anilines is 2. The lowest BCUT2D eigenvalue weighted by molar-refractivity contribution is 0.416. The molecule has 0 saturated heterocycles. The third kappa shape index (κ3) is 4.72. The predicted octanol–water partition coefficient (Wildman–Crippen LogP) is 6.22. The van der Waals surface area contributed by atoms with E-state index in [1.54, 1.807) is 25.7 Å². The van der Waals surface area contributed by atoms with Gasteiger partial charge in [0.25, 0.3) is 0 Å². The highest BCUT2D eigenvalue weighted by atomic mass is 35.5. The first-order chi connectivity index (χ1) is 14.4. The van der Waals surface area contributed by atoms with Crippen molar-refractivity contribution in [1.29, 1.82) is 0 Å². The average Bonchev–Trinajstić information content (AvgIpc) is 2.73. The molecule has 0 aliphatic rings. The summed E-state index contributed by atoms with van der Waals surface area (Å²) in [5.41, 5.74) is 3.24. The topological polar surface area (TPSA) is 59.9 Å². The minimum Gasteiger partial charge on any atom is -0.496 e. The van der Waals surface area contributed by atoms with E-state index >= 15 is 0 Å². The fourth-order valence-electron chi connectivity index (χ4n) is 2.83. The van der Waals surface area contributed by atoms with Crippen LogP contribution in [0.5, 0.6) is 5.75 Å². The van der Waals surface area contributed by atoms with Crippen LogP contribution in [0, 0.1) is 6.92 Å². The molecule has 0 amide bonds. The van der Waals surface area contributed by atoms with Crippen LogP contribution in [-0.4, -0.2) is 22.1 Å². The molecule has 1 N–H and O–H groups in total. The van der Waals surface area contributed by atoms with Gasteiger partial charge in [0.05, 0.1) is 12.7 Å². The van der Waals surface area contributed by atoms with Crippen molar-refractivity contribution in [3.8, 4) is 16.9 Å². The Morgan fingerprint density at radius 2 is 1.93 bits per heavy atom. The number of rotatable bonds is 7. The molecule has 7 heteroatoms. The number of allylic oxidation sites excluding steroid dienone is 4. The molecule has 1 aromatic carbocycles. The minimum atomic E-state index is -0.715.